The Morgan fingerprint density at radius 1 is 1.57 bits per heavy atom. The van der Waals surface area contributed by atoms with Crippen LogP contribution >= 0.6 is 15.9 Å². The molecule has 10 heteroatoms. The second-order valence-corrected chi connectivity index (χ2v) is 4.49. The zero-order chi connectivity index (χ0) is 15.4. The number of nitriles is 1. The molecular weight excluding hydrogens is 347 g/mol. The summed E-state index contributed by atoms with van der Waals surface area (Å²) in [6.45, 7) is 0. The summed E-state index contributed by atoms with van der Waals surface area (Å²) in [7, 11) is 0. The monoisotopic (exact) mass is 352 g/mol. The highest BCUT2D eigenvalue weighted by molar-refractivity contribution is 9.10. The second-order valence-electron chi connectivity index (χ2n) is 3.63. The third-order valence-corrected chi connectivity index (χ3v) is 3.05. The quantitative estimate of drug-likeness (QED) is 0.715. The molecule has 0 spiro atoms. The number of aromatic carboxylic acids is 1. The number of benzene rings is 1. The van der Waals surface area contributed by atoms with Crippen molar-refractivity contribution in [3.63, 3.8) is 0 Å². The van der Waals surface area contributed by atoms with E-state index < -0.39 is 11.8 Å². The van der Waals surface area contributed by atoms with Crippen molar-refractivity contribution < 1.29 is 14.3 Å². The fourth-order valence-corrected chi connectivity index (χ4v) is 1.97. The van der Waals surface area contributed by atoms with Crippen LogP contribution in [0.15, 0.2) is 22.8 Å². The lowest BCUT2D eigenvalue weighted by Crippen LogP contribution is -2.06. The predicted molar refractivity (Wildman–Crippen MR) is 72.4 cm³/mol. The number of H-pyrrole nitrogens is 1. The number of allylic oxidation sites excluding steroid dienone is 1. The van der Waals surface area contributed by atoms with Crippen molar-refractivity contribution in [3.8, 4) is 6.07 Å². The lowest BCUT2D eigenvalue weighted by molar-refractivity contribution is 0.0696. The van der Waals surface area contributed by atoms with Crippen LogP contribution < -0.4 is 5.32 Å². The lowest BCUT2D eigenvalue weighted by atomic mass is 10.1. The van der Waals surface area contributed by atoms with Crippen LogP contribution in [0.25, 0.3) is 5.57 Å². The van der Waals surface area contributed by atoms with E-state index in [1.54, 1.807) is 6.07 Å². The highest BCUT2D eigenvalue weighted by Crippen LogP contribution is 2.28. The molecule has 0 saturated carbocycles. The average molecular weight is 353 g/mol. The highest BCUT2D eigenvalue weighted by Gasteiger charge is 2.18. The van der Waals surface area contributed by atoms with Crippen molar-refractivity contribution in [2.75, 3.05) is 5.32 Å². The molecule has 1 heterocycles. The first-order chi connectivity index (χ1) is 10.0. The van der Waals surface area contributed by atoms with Crippen LogP contribution in [0.4, 0.5) is 10.1 Å². The Kier molecular flexibility index (Phi) is 4.24. The third kappa shape index (κ3) is 3.03. The number of carbonyl (C=O) groups is 1. The number of tetrazole rings is 1. The van der Waals surface area contributed by atoms with E-state index in [1.165, 1.54) is 6.07 Å². The maximum atomic E-state index is 13.8. The maximum absolute atomic E-state index is 13.8. The number of anilines is 1. The minimum atomic E-state index is -1.32. The van der Waals surface area contributed by atoms with E-state index in [0.29, 0.717) is 0 Å². The molecule has 0 fully saturated rings. The molecule has 3 N–H and O–H groups in total. The Morgan fingerprint density at radius 2 is 2.33 bits per heavy atom. The molecule has 1 aromatic carbocycles. The van der Waals surface area contributed by atoms with E-state index in [1.807, 2.05) is 0 Å². The molecule has 0 aliphatic carbocycles. The minimum absolute atomic E-state index is 0.00252. The van der Waals surface area contributed by atoms with E-state index >= 15 is 0 Å². The van der Waals surface area contributed by atoms with E-state index in [0.717, 1.165) is 12.3 Å². The van der Waals surface area contributed by atoms with Gasteiger partial charge >= 0.3 is 5.97 Å². The Bertz CT molecular complexity index is 753. The maximum Gasteiger partial charge on any atom is 0.339 e. The van der Waals surface area contributed by atoms with Crippen LogP contribution in [-0.4, -0.2) is 31.7 Å². The summed E-state index contributed by atoms with van der Waals surface area (Å²) < 4.78 is 14.0. The van der Waals surface area contributed by atoms with E-state index in [9.17, 15) is 9.18 Å². The highest BCUT2D eigenvalue weighted by atomic mass is 79.9. The molecule has 1 aromatic heterocycles. The summed E-state index contributed by atoms with van der Waals surface area (Å²) in [5, 5.41) is 33.2. The number of hydrogen-bond acceptors (Lipinski definition) is 6. The zero-order valence-corrected chi connectivity index (χ0v) is 11.7. The first-order valence-corrected chi connectivity index (χ1v) is 6.15. The van der Waals surface area contributed by atoms with Crippen LogP contribution in [-0.2, 0) is 0 Å². The van der Waals surface area contributed by atoms with Gasteiger partial charge in [-0.25, -0.2) is 9.18 Å². The van der Waals surface area contributed by atoms with Crippen LogP contribution in [0.3, 0.4) is 0 Å². The van der Waals surface area contributed by atoms with E-state index in [-0.39, 0.29) is 27.1 Å². The minimum Gasteiger partial charge on any atom is -0.478 e. The average Bonchev–Trinajstić information content (AvgIpc) is 2.96. The Balaban J connectivity index is 2.43. The van der Waals surface area contributed by atoms with Gasteiger partial charge in [0.1, 0.15) is 23.0 Å². The molecule has 0 saturated heterocycles. The van der Waals surface area contributed by atoms with Gasteiger partial charge < -0.3 is 10.4 Å². The van der Waals surface area contributed by atoms with Gasteiger partial charge in [-0.3, -0.25) is 0 Å². The topological polar surface area (TPSA) is 128 Å². The van der Waals surface area contributed by atoms with Crippen LogP contribution in [0.5, 0.6) is 0 Å². The van der Waals surface area contributed by atoms with Crippen molar-refractivity contribution in [3.05, 3.63) is 40.0 Å². The van der Waals surface area contributed by atoms with Gasteiger partial charge in [0.2, 0.25) is 5.82 Å². The molecule has 21 heavy (non-hydrogen) atoms. The van der Waals surface area contributed by atoms with Gasteiger partial charge in [-0.2, -0.15) is 10.5 Å². The van der Waals surface area contributed by atoms with Crippen molar-refractivity contribution in [2.45, 2.75) is 0 Å². The van der Waals surface area contributed by atoms with Gasteiger partial charge in [0.15, 0.2) is 0 Å². The fourth-order valence-electron chi connectivity index (χ4n) is 1.47. The molecule has 106 valence electrons. The van der Waals surface area contributed by atoms with Gasteiger partial charge in [0.25, 0.3) is 0 Å². The molecule has 0 bridgehead atoms. The molecule has 0 radical (unpaired) electrons. The first kappa shape index (κ1) is 14.6. The number of nitrogens with one attached hydrogen (secondary N) is 2. The van der Waals surface area contributed by atoms with Crippen LogP contribution in [0.1, 0.15) is 16.2 Å². The number of nitrogens with zero attached hydrogens (tertiary/aromatic N) is 4. The molecule has 0 aliphatic rings. The number of carboxylic acid groups (broad SMARTS) is 1. The van der Waals surface area contributed by atoms with Gasteiger partial charge in [-0.15, -0.1) is 10.2 Å². The van der Waals surface area contributed by atoms with Crippen molar-refractivity contribution >= 4 is 33.2 Å². The summed E-state index contributed by atoms with van der Waals surface area (Å²) >= 11 is 3.03. The fraction of sp³-hybridized carbons (Fsp3) is 0. The number of halogens is 2. The second kappa shape index (κ2) is 6.10. The SMILES string of the molecule is N#CC(=CNc1c(F)ccc(Br)c1C(=O)O)c1nn[nH]n1. The molecule has 0 aliphatic heterocycles. The van der Waals surface area contributed by atoms with Crippen molar-refractivity contribution in [1.82, 2.24) is 20.6 Å². The summed E-state index contributed by atoms with van der Waals surface area (Å²) in [4.78, 5) is 11.2. The number of carboxylic acids is 1. The Hall–Kier alpha value is -2.80. The summed E-state index contributed by atoms with van der Waals surface area (Å²) in [6, 6.07) is 4.16. The molecule has 8 nitrogen and oxygen atoms in total. The molecule has 2 rings (SSSR count). The first-order valence-electron chi connectivity index (χ1n) is 5.36. The summed E-state index contributed by atoms with van der Waals surface area (Å²) in [5.74, 6) is -2.11. The Labute approximate surface area is 125 Å². The number of aromatic nitrogens is 4. The van der Waals surface area contributed by atoms with Crippen molar-refractivity contribution in [2.24, 2.45) is 0 Å². The van der Waals surface area contributed by atoms with Gasteiger partial charge in [0, 0.05) is 10.7 Å². The van der Waals surface area contributed by atoms with Crippen LogP contribution in [0.2, 0.25) is 0 Å². The molecule has 0 amide bonds. The van der Waals surface area contributed by atoms with Gasteiger partial charge in [0.05, 0.1) is 5.69 Å². The number of rotatable bonds is 4. The normalized spacial score (nSPS) is 11.0. The van der Waals surface area contributed by atoms with Gasteiger partial charge in [-0.05, 0) is 33.3 Å². The van der Waals surface area contributed by atoms with Crippen molar-refractivity contribution in [1.29, 1.82) is 5.26 Å². The summed E-state index contributed by atoms with van der Waals surface area (Å²) in [6.07, 6.45) is 1.10. The number of hydrogen-bond donors (Lipinski definition) is 3. The number of aromatic amines is 1. The van der Waals surface area contributed by atoms with E-state index in [2.05, 4.69) is 41.9 Å². The predicted octanol–water partition coefficient (Wildman–Crippen LogP) is 1.78. The molecular formula is C11H6BrFN6O2. The van der Waals surface area contributed by atoms with Crippen LogP contribution in [0, 0.1) is 17.1 Å². The standard InChI is InChI=1S/C11H6BrFN6O2/c12-6-1-2-7(13)9(8(6)11(20)21)15-4-5(3-14)10-16-18-19-17-10/h1-2,4,15H,(H,20,21)(H,16,17,18,19). The molecule has 0 unspecified atom stereocenters. The summed E-state index contributed by atoms with van der Waals surface area (Å²) in [5.41, 5.74) is -0.621. The van der Waals surface area contributed by atoms with E-state index in [4.69, 9.17) is 10.4 Å². The van der Waals surface area contributed by atoms with Gasteiger partial charge in [-0.1, -0.05) is 0 Å². The molecule has 0 atom stereocenters. The largest absolute Gasteiger partial charge is 0.478 e. The Morgan fingerprint density at radius 3 is 2.90 bits per heavy atom. The molecule has 2 aromatic rings. The zero-order valence-electron chi connectivity index (χ0n) is 10.1. The smallest absolute Gasteiger partial charge is 0.339 e. The third-order valence-electron chi connectivity index (χ3n) is 2.39. The lowest BCUT2D eigenvalue weighted by Gasteiger charge is -2.09.